The zero-order chi connectivity index (χ0) is 27.8. The van der Waals surface area contributed by atoms with Gasteiger partial charge in [0.15, 0.2) is 0 Å². The van der Waals surface area contributed by atoms with Crippen LogP contribution in [0.5, 0.6) is 0 Å². The first-order valence-electron chi connectivity index (χ1n) is 14.0. The van der Waals surface area contributed by atoms with Crippen molar-refractivity contribution in [1.29, 1.82) is 0 Å². The summed E-state index contributed by atoms with van der Waals surface area (Å²) >= 11 is 0. The van der Waals surface area contributed by atoms with Crippen LogP contribution in [-0.2, 0) is 4.79 Å². The molecule has 3 aromatic heterocycles. The van der Waals surface area contributed by atoms with E-state index < -0.39 is 0 Å². The molecule has 8 heteroatoms. The van der Waals surface area contributed by atoms with Crippen LogP contribution in [0.25, 0.3) is 38.9 Å². The van der Waals surface area contributed by atoms with E-state index in [2.05, 4.69) is 69.8 Å². The second-order valence-electron chi connectivity index (χ2n) is 10.7. The van der Waals surface area contributed by atoms with E-state index in [1.165, 1.54) is 5.56 Å². The van der Waals surface area contributed by atoms with Gasteiger partial charge in [-0.15, -0.1) is 0 Å². The number of nitrogen functional groups attached to an aromatic ring is 1. The Bertz CT molecular complexity index is 1690. The van der Waals surface area contributed by atoms with Crippen LogP contribution in [0.15, 0.2) is 67.0 Å². The lowest BCUT2D eigenvalue weighted by Crippen LogP contribution is -2.47. The highest BCUT2D eigenvalue weighted by Gasteiger charge is 2.37. The Hall–Kier alpha value is -4.30. The average Bonchev–Trinajstić information content (AvgIpc) is 3.32. The number of nitrogens with zero attached hydrogens (tertiary/aromatic N) is 5. The number of hydrogen-bond donors (Lipinski definition) is 2. The third kappa shape index (κ3) is 4.79. The molecule has 1 saturated carbocycles. The van der Waals surface area contributed by atoms with Gasteiger partial charge in [-0.2, -0.15) is 0 Å². The smallest absolute Gasteiger partial charge is 0.216 e. The molecule has 0 saturated heterocycles. The minimum absolute atomic E-state index is 0.0143. The summed E-state index contributed by atoms with van der Waals surface area (Å²) in [6, 6.07) is 19.3. The highest BCUT2D eigenvalue weighted by molar-refractivity contribution is 5.92. The van der Waals surface area contributed by atoms with Crippen molar-refractivity contribution >= 4 is 28.1 Å². The molecule has 0 aliphatic heterocycles. The molecular weight excluding hydrogens is 498 g/mol. The SMILES string of the molecule is CCN(CCNC(C)=O)C1CC(c2nc(-c3ccc4c(C)cc(-c5ccccc5)nc4c3)c3c(N)nccn23)C1. The number of hydrogen-bond acceptors (Lipinski definition) is 6. The molecule has 6 rings (SSSR count). The summed E-state index contributed by atoms with van der Waals surface area (Å²) in [7, 11) is 0. The van der Waals surface area contributed by atoms with E-state index in [0.717, 1.165) is 70.7 Å². The molecule has 1 aliphatic rings. The highest BCUT2D eigenvalue weighted by Crippen LogP contribution is 2.42. The summed E-state index contributed by atoms with van der Waals surface area (Å²) in [5, 5.41) is 4.04. The summed E-state index contributed by atoms with van der Waals surface area (Å²) in [6.07, 6.45) is 5.76. The van der Waals surface area contributed by atoms with Crippen molar-refractivity contribution in [2.24, 2.45) is 0 Å². The molecule has 2 aromatic carbocycles. The molecule has 0 radical (unpaired) electrons. The van der Waals surface area contributed by atoms with Crippen LogP contribution in [0.3, 0.4) is 0 Å². The van der Waals surface area contributed by atoms with Gasteiger partial charge in [0.25, 0.3) is 0 Å². The van der Waals surface area contributed by atoms with Crippen LogP contribution in [-0.4, -0.2) is 55.8 Å². The second-order valence-corrected chi connectivity index (χ2v) is 10.7. The first-order chi connectivity index (χ1) is 19.4. The molecule has 1 aliphatic carbocycles. The molecule has 0 spiro atoms. The van der Waals surface area contributed by atoms with E-state index >= 15 is 0 Å². The summed E-state index contributed by atoms with van der Waals surface area (Å²) in [5.74, 6) is 1.84. The van der Waals surface area contributed by atoms with Crippen molar-refractivity contribution in [1.82, 2.24) is 29.6 Å². The summed E-state index contributed by atoms with van der Waals surface area (Å²) in [6.45, 7) is 8.35. The largest absolute Gasteiger partial charge is 0.382 e. The average molecular weight is 534 g/mol. The summed E-state index contributed by atoms with van der Waals surface area (Å²) in [4.78, 5) is 28.4. The topological polar surface area (TPSA) is 101 Å². The fourth-order valence-corrected chi connectivity index (χ4v) is 5.95. The third-order valence-corrected chi connectivity index (χ3v) is 8.14. The van der Waals surface area contributed by atoms with Gasteiger partial charge in [-0.1, -0.05) is 49.4 Å². The minimum atomic E-state index is 0.0143. The number of pyridine rings is 1. The number of aryl methyl sites for hydroxylation is 1. The number of benzene rings is 2. The lowest BCUT2D eigenvalue weighted by Gasteiger charge is -2.42. The number of nitrogens with one attached hydrogen (secondary N) is 1. The van der Waals surface area contributed by atoms with Crippen molar-refractivity contribution < 1.29 is 4.79 Å². The Labute approximate surface area is 234 Å². The number of carbonyl (C=O) groups is 1. The number of rotatable bonds is 8. The number of carbonyl (C=O) groups excluding carboxylic acids is 1. The molecule has 5 aromatic rings. The van der Waals surface area contributed by atoms with Crippen molar-refractivity contribution in [2.45, 2.75) is 45.6 Å². The van der Waals surface area contributed by atoms with E-state index in [0.29, 0.717) is 24.3 Å². The molecule has 0 atom stereocenters. The number of likely N-dealkylation sites (N-methyl/N-ethyl adjacent to an activating group) is 1. The number of nitrogens with two attached hydrogens (primary N) is 1. The van der Waals surface area contributed by atoms with Gasteiger partial charge in [0.1, 0.15) is 22.9 Å². The first-order valence-corrected chi connectivity index (χ1v) is 14.0. The molecule has 3 heterocycles. The Balaban J connectivity index is 1.34. The predicted molar refractivity (Wildman–Crippen MR) is 160 cm³/mol. The maximum atomic E-state index is 11.3. The minimum Gasteiger partial charge on any atom is -0.382 e. The summed E-state index contributed by atoms with van der Waals surface area (Å²) < 4.78 is 2.12. The van der Waals surface area contributed by atoms with Crippen LogP contribution in [0.4, 0.5) is 5.82 Å². The van der Waals surface area contributed by atoms with E-state index in [1.54, 1.807) is 13.1 Å². The molecule has 0 bridgehead atoms. The second kappa shape index (κ2) is 10.7. The molecule has 40 heavy (non-hydrogen) atoms. The van der Waals surface area contributed by atoms with E-state index in [4.69, 9.17) is 15.7 Å². The fraction of sp³-hybridized carbons (Fsp3) is 0.312. The Morgan fingerprint density at radius 1 is 1.10 bits per heavy atom. The quantitative estimate of drug-likeness (QED) is 0.284. The van der Waals surface area contributed by atoms with Crippen molar-refractivity contribution in [2.75, 3.05) is 25.4 Å². The van der Waals surface area contributed by atoms with Crippen LogP contribution in [0.1, 0.15) is 44.0 Å². The predicted octanol–water partition coefficient (Wildman–Crippen LogP) is 5.21. The molecular formula is C32H35N7O. The Morgan fingerprint density at radius 3 is 2.65 bits per heavy atom. The standard InChI is InChI=1S/C32H35N7O/c1-4-38(14-12-34-21(3)40)25-17-24(18-25)32-37-29(30-31(33)35-13-15-39(30)32)23-10-11-26-20(2)16-27(36-28(26)19-23)22-8-6-5-7-9-22/h5-11,13,15-16,19,24-25H,4,12,14,17-18H2,1-3H3,(H2,33,35)(H,34,40). The van der Waals surface area contributed by atoms with Gasteiger partial charge < -0.3 is 11.1 Å². The number of imidazole rings is 1. The zero-order valence-electron chi connectivity index (χ0n) is 23.3. The van der Waals surface area contributed by atoms with Gasteiger partial charge in [0, 0.05) is 60.9 Å². The van der Waals surface area contributed by atoms with Gasteiger partial charge in [-0.05, 0) is 44.0 Å². The van der Waals surface area contributed by atoms with Crippen molar-refractivity contribution in [3.8, 4) is 22.5 Å². The zero-order valence-corrected chi connectivity index (χ0v) is 23.3. The molecule has 204 valence electrons. The number of fused-ring (bicyclic) bond motifs is 2. The monoisotopic (exact) mass is 533 g/mol. The van der Waals surface area contributed by atoms with E-state index in [-0.39, 0.29) is 5.91 Å². The Kier molecular flexibility index (Phi) is 6.94. The molecule has 8 nitrogen and oxygen atoms in total. The van der Waals surface area contributed by atoms with Gasteiger partial charge >= 0.3 is 0 Å². The van der Waals surface area contributed by atoms with Crippen LogP contribution < -0.4 is 11.1 Å². The van der Waals surface area contributed by atoms with Crippen LogP contribution in [0, 0.1) is 6.92 Å². The van der Waals surface area contributed by atoms with Gasteiger partial charge in [-0.3, -0.25) is 14.1 Å². The normalized spacial score (nSPS) is 16.9. The van der Waals surface area contributed by atoms with Crippen LogP contribution >= 0.6 is 0 Å². The Morgan fingerprint density at radius 2 is 1.90 bits per heavy atom. The molecule has 1 fully saturated rings. The van der Waals surface area contributed by atoms with E-state index in [9.17, 15) is 4.79 Å². The van der Waals surface area contributed by atoms with Gasteiger partial charge in [0.05, 0.1) is 11.2 Å². The van der Waals surface area contributed by atoms with Crippen molar-refractivity contribution in [3.63, 3.8) is 0 Å². The van der Waals surface area contributed by atoms with Gasteiger partial charge in [-0.25, -0.2) is 15.0 Å². The molecule has 3 N–H and O–H groups in total. The lowest BCUT2D eigenvalue weighted by atomic mass is 9.78. The number of amides is 1. The van der Waals surface area contributed by atoms with Crippen molar-refractivity contribution in [3.05, 3.63) is 78.4 Å². The molecule has 0 unspecified atom stereocenters. The maximum Gasteiger partial charge on any atom is 0.216 e. The number of anilines is 1. The highest BCUT2D eigenvalue weighted by atomic mass is 16.1. The van der Waals surface area contributed by atoms with Crippen LogP contribution in [0.2, 0.25) is 0 Å². The number of aromatic nitrogens is 4. The van der Waals surface area contributed by atoms with E-state index in [1.807, 2.05) is 24.4 Å². The maximum absolute atomic E-state index is 11.3. The fourth-order valence-electron chi connectivity index (χ4n) is 5.95. The summed E-state index contributed by atoms with van der Waals surface area (Å²) in [5.41, 5.74) is 13.3. The first kappa shape index (κ1) is 26.0. The molecule has 1 amide bonds. The third-order valence-electron chi connectivity index (χ3n) is 8.14. The van der Waals surface area contributed by atoms with Gasteiger partial charge in [0.2, 0.25) is 5.91 Å². The lowest BCUT2D eigenvalue weighted by molar-refractivity contribution is -0.119.